The molecule has 21 heavy (non-hydrogen) atoms. The Kier molecular flexibility index (Phi) is 3.58. The molecule has 0 heterocycles. The molecule has 0 amide bonds. The molecule has 1 atom stereocenters. The Morgan fingerprint density at radius 2 is 1.71 bits per heavy atom. The summed E-state index contributed by atoms with van der Waals surface area (Å²) in [4.78, 5) is 0. The number of fused-ring (bicyclic) bond motifs is 1. The van der Waals surface area contributed by atoms with E-state index in [1.165, 1.54) is 30.0 Å². The average molecular weight is 284 g/mol. The molecule has 0 aliphatic heterocycles. The number of aryl methyl sites for hydroxylation is 3. The molecular formula is C19H21FO. The van der Waals surface area contributed by atoms with Crippen LogP contribution in [0.4, 0.5) is 4.39 Å². The van der Waals surface area contributed by atoms with Crippen LogP contribution in [0.3, 0.4) is 0 Å². The Morgan fingerprint density at radius 3 is 2.48 bits per heavy atom. The summed E-state index contributed by atoms with van der Waals surface area (Å²) in [6.07, 6.45) is 4.58. The van der Waals surface area contributed by atoms with E-state index in [1.807, 2.05) is 13.0 Å². The van der Waals surface area contributed by atoms with Gasteiger partial charge in [0.25, 0.3) is 0 Å². The van der Waals surface area contributed by atoms with Crippen LogP contribution in [0.1, 0.15) is 47.6 Å². The first-order chi connectivity index (χ1) is 9.98. The molecule has 0 bridgehead atoms. The molecule has 1 N–H and O–H groups in total. The fourth-order valence-corrected chi connectivity index (χ4v) is 3.20. The maximum Gasteiger partial charge on any atom is 0.129 e. The predicted molar refractivity (Wildman–Crippen MR) is 82.9 cm³/mol. The lowest BCUT2D eigenvalue weighted by Crippen LogP contribution is -2.25. The minimum Gasteiger partial charge on any atom is -0.381 e. The molecular weight excluding hydrogens is 263 g/mol. The van der Waals surface area contributed by atoms with Crippen molar-refractivity contribution in [3.63, 3.8) is 0 Å². The Hall–Kier alpha value is -1.67. The smallest absolute Gasteiger partial charge is 0.129 e. The van der Waals surface area contributed by atoms with E-state index in [9.17, 15) is 9.50 Å². The topological polar surface area (TPSA) is 20.2 Å². The van der Waals surface area contributed by atoms with Crippen LogP contribution in [-0.2, 0) is 18.4 Å². The zero-order valence-electron chi connectivity index (χ0n) is 12.6. The fourth-order valence-electron chi connectivity index (χ4n) is 3.20. The van der Waals surface area contributed by atoms with Gasteiger partial charge in [-0.25, -0.2) is 4.39 Å². The molecule has 2 heteroatoms. The molecule has 0 saturated heterocycles. The van der Waals surface area contributed by atoms with Gasteiger partial charge < -0.3 is 5.11 Å². The molecule has 0 fully saturated rings. The third-order valence-electron chi connectivity index (χ3n) is 4.56. The lowest BCUT2D eigenvalue weighted by Gasteiger charge is -2.27. The van der Waals surface area contributed by atoms with E-state index < -0.39 is 5.60 Å². The predicted octanol–water partition coefficient (Wildman–Crippen LogP) is 4.27. The molecule has 0 radical (unpaired) electrons. The van der Waals surface area contributed by atoms with Gasteiger partial charge in [0.1, 0.15) is 11.4 Å². The molecule has 0 spiro atoms. The van der Waals surface area contributed by atoms with Crippen LogP contribution in [-0.4, -0.2) is 5.11 Å². The lowest BCUT2D eigenvalue weighted by atomic mass is 9.83. The van der Waals surface area contributed by atoms with Crippen molar-refractivity contribution in [1.29, 1.82) is 0 Å². The summed E-state index contributed by atoms with van der Waals surface area (Å²) in [7, 11) is 0. The zero-order valence-corrected chi connectivity index (χ0v) is 12.6. The van der Waals surface area contributed by atoms with Gasteiger partial charge >= 0.3 is 0 Å². The van der Waals surface area contributed by atoms with Crippen molar-refractivity contribution in [3.8, 4) is 0 Å². The summed E-state index contributed by atoms with van der Waals surface area (Å²) >= 11 is 0. The third kappa shape index (κ3) is 2.60. The summed E-state index contributed by atoms with van der Waals surface area (Å²) in [5.41, 5.74) is 3.43. The molecule has 1 nitrogen and oxygen atoms in total. The molecule has 0 saturated carbocycles. The number of benzene rings is 2. The van der Waals surface area contributed by atoms with Crippen LogP contribution in [0.5, 0.6) is 0 Å². The average Bonchev–Trinajstić information content (AvgIpc) is 2.49. The second-order valence-electron chi connectivity index (χ2n) is 6.25. The van der Waals surface area contributed by atoms with E-state index in [2.05, 4.69) is 12.1 Å². The minimum atomic E-state index is -1.30. The molecule has 1 aliphatic rings. The second-order valence-corrected chi connectivity index (χ2v) is 6.25. The molecule has 1 unspecified atom stereocenters. The molecule has 0 aromatic heterocycles. The van der Waals surface area contributed by atoms with Gasteiger partial charge in [-0.1, -0.05) is 29.8 Å². The van der Waals surface area contributed by atoms with E-state index in [0.717, 1.165) is 24.0 Å². The van der Waals surface area contributed by atoms with E-state index in [-0.39, 0.29) is 5.82 Å². The van der Waals surface area contributed by atoms with Gasteiger partial charge in [-0.05, 0) is 68.4 Å². The highest BCUT2D eigenvalue weighted by atomic mass is 19.1. The van der Waals surface area contributed by atoms with Crippen LogP contribution in [0.25, 0.3) is 0 Å². The standard InChI is InChI=1S/C19H21FO/c1-13-7-10-18(20)17(11-13)19(2,21)16-9-8-14-5-3-4-6-15(14)12-16/h7-12,21H,3-6H2,1-2H3. The lowest BCUT2D eigenvalue weighted by molar-refractivity contribution is 0.0977. The SMILES string of the molecule is Cc1ccc(F)c(C(C)(O)c2ccc3c(c2)CCCC3)c1. The number of hydrogen-bond acceptors (Lipinski definition) is 1. The molecule has 1 aliphatic carbocycles. The van der Waals surface area contributed by atoms with Crippen molar-refractivity contribution in [2.24, 2.45) is 0 Å². The number of halogens is 1. The Balaban J connectivity index is 2.07. The van der Waals surface area contributed by atoms with E-state index in [4.69, 9.17) is 0 Å². The second kappa shape index (κ2) is 5.27. The van der Waals surface area contributed by atoms with Crippen molar-refractivity contribution < 1.29 is 9.50 Å². The summed E-state index contributed by atoms with van der Waals surface area (Å²) in [6, 6.07) is 11.0. The Labute approximate surface area is 125 Å². The van der Waals surface area contributed by atoms with Gasteiger partial charge in [0.2, 0.25) is 0 Å². The van der Waals surface area contributed by atoms with Crippen LogP contribution >= 0.6 is 0 Å². The summed E-state index contributed by atoms with van der Waals surface area (Å²) in [5, 5.41) is 10.9. The maximum atomic E-state index is 14.1. The zero-order chi connectivity index (χ0) is 15.0. The van der Waals surface area contributed by atoms with Crippen LogP contribution in [0.15, 0.2) is 36.4 Å². The quantitative estimate of drug-likeness (QED) is 0.873. The van der Waals surface area contributed by atoms with E-state index in [1.54, 1.807) is 19.1 Å². The Bertz CT molecular complexity index is 673. The highest BCUT2D eigenvalue weighted by Gasteiger charge is 2.29. The number of rotatable bonds is 2. The monoisotopic (exact) mass is 284 g/mol. The van der Waals surface area contributed by atoms with E-state index >= 15 is 0 Å². The van der Waals surface area contributed by atoms with E-state index in [0.29, 0.717) is 5.56 Å². The maximum absolute atomic E-state index is 14.1. The van der Waals surface area contributed by atoms with Gasteiger partial charge in [0, 0.05) is 5.56 Å². The number of hydrogen-bond donors (Lipinski definition) is 1. The van der Waals surface area contributed by atoms with Crippen LogP contribution < -0.4 is 0 Å². The largest absolute Gasteiger partial charge is 0.381 e. The summed E-state index contributed by atoms with van der Waals surface area (Å²) in [5.74, 6) is -0.358. The highest BCUT2D eigenvalue weighted by molar-refractivity contribution is 5.42. The highest BCUT2D eigenvalue weighted by Crippen LogP contribution is 2.34. The third-order valence-corrected chi connectivity index (χ3v) is 4.56. The molecule has 2 aromatic rings. The summed E-state index contributed by atoms with van der Waals surface area (Å²) < 4.78 is 14.1. The van der Waals surface area contributed by atoms with Crippen molar-refractivity contribution in [2.45, 2.75) is 45.1 Å². The van der Waals surface area contributed by atoms with Crippen LogP contribution in [0.2, 0.25) is 0 Å². The van der Waals surface area contributed by atoms with Gasteiger partial charge in [-0.15, -0.1) is 0 Å². The van der Waals surface area contributed by atoms with Crippen molar-refractivity contribution >= 4 is 0 Å². The Morgan fingerprint density at radius 1 is 1.00 bits per heavy atom. The first-order valence-electron chi connectivity index (χ1n) is 7.60. The molecule has 110 valence electrons. The molecule has 2 aromatic carbocycles. The van der Waals surface area contributed by atoms with Gasteiger partial charge in [0.15, 0.2) is 0 Å². The van der Waals surface area contributed by atoms with Gasteiger partial charge in [0.05, 0.1) is 0 Å². The number of aliphatic hydroxyl groups is 1. The van der Waals surface area contributed by atoms with Crippen molar-refractivity contribution in [3.05, 3.63) is 70.0 Å². The van der Waals surface area contributed by atoms with Crippen LogP contribution in [0, 0.1) is 12.7 Å². The van der Waals surface area contributed by atoms with Gasteiger partial charge in [-0.3, -0.25) is 0 Å². The van der Waals surface area contributed by atoms with Crippen molar-refractivity contribution in [2.75, 3.05) is 0 Å². The fraction of sp³-hybridized carbons (Fsp3) is 0.368. The van der Waals surface area contributed by atoms with Gasteiger partial charge in [-0.2, -0.15) is 0 Å². The normalized spacial score (nSPS) is 17.1. The first kappa shape index (κ1) is 14.3. The summed E-state index contributed by atoms with van der Waals surface area (Å²) in [6.45, 7) is 3.58. The molecule has 3 rings (SSSR count). The first-order valence-corrected chi connectivity index (χ1v) is 7.60. The van der Waals surface area contributed by atoms with Crippen molar-refractivity contribution in [1.82, 2.24) is 0 Å². The minimum absolute atomic E-state index is 0.346.